The number of hydrogen-bond acceptors (Lipinski definition) is 4. The van der Waals surface area contributed by atoms with E-state index in [1.165, 1.54) is 12.1 Å². The van der Waals surface area contributed by atoms with Gasteiger partial charge in [-0.2, -0.15) is 0 Å². The zero-order chi connectivity index (χ0) is 14.5. The Morgan fingerprint density at radius 2 is 1.80 bits per heavy atom. The molecule has 2 rings (SSSR count). The molecule has 0 spiro atoms. The fourth-order valence-electron chi connectivity index (χ4n) is 1.72. The van der Waals surface area contributed by atoms with E-state index in [4.69, 9.17) is 0 Å². The number of rotatable bonds is 4. The molecule has 0 saturated carbocycles. The number of nitrogens with zero attached hydrogens (tertiary/aromatic N) is 2. The van der Waals surface area contributed by atoms with E-state index in [9.17, 15) is 14.9 Å². The van der Waals surface area contributed by atoms with Crippen molar-refractivity contribution in [1.29, 1.82) is 0 Å². The molecule has 1 aromatic carbocycles. The summed E-state index contributed by atoms with van der Waals surface area (Å²) in [5.41, 5.74) is 1.40. The summed E-state index contributed by atoms with van der Waals surface area (Å²) in [6.07, 6.45) is 3.18. The highest BCUT2D eigenvalue weighted by molar-refractivity contribution is 5.95. The maximum Gasteiger partial charge on any atom is 0.269 e. The summed E-state index contributed by atoms with van der Waals surface area (Å²) < 4.78 is 0. The summed E-state index contributed by atoms with van der Waals surface area (Å²) in [5.74, 6) is -0.575. The molecule has 0 radical (unpaired) electrons. The largest absolute Gasteiger partial charge is 0.325 e. The second-order valence-corrected chi connectivity index (χ2v) is 4.30. The molecule has 0 aliphatic heterocycles. The molecule has 2 aromatic rings. The van der Waals surface area contributed by atoms with Gasteiger partial charge in [0.25, 0.3) is 5.69 Å². The maximum absolute atomic E-state index is 12.1. The highest BCUT2D eigenvalue weighted by Gasteiger charge is 2.16. The van der Waals surface area contributed by atoms with E-state index in [2.05, 4.69) is 10.3 Å². The van der Waals surface area contributed by atoms with E-state index < -0.39 is 10.8 Å². The SMILES string of the molecule is CC(C(=O)Nc1ccncc1)c1ccc([N+](=O)[O-])cc1. The molecule has 0 aliphatic carbocycles. The zero-order valence-corrected chi connectivity index (χ0v) is 10.8. The van der Waals surface area contributed by atoms with Crippen LogP contribution in [0.5, 0.6) is 0 Å². The lowest BCUT2D eigenvalue weighted by Gasteiger charge is -2.12. The summed E-state index contributed by atoms with van der Waals surface area (Å²) in [6.45, 7) is 1.75. The predicted molar refractivity (Wildman–Crippen MR) is 74.4 cm³/mol. The third kappa shape index (κ3) is 3.17. The number of amides is 1. The van der Waals surface area contributed by atoms with Crippen LogP contribution in [0.25, 0.3) is 0 Å². The van der Waals surface area contributed by atoms with Gasteiger partial charge in [0.05, 0.1) is 10.8 Å². The van der Waals surface area contributed by atoms with Gasteiger partial charge in [-0.05, 0) is 24.6 Å². The molecule has 1 N–H and O–H groups in total. The molecule has 6 nitrogen and oxygen atoms in total. The molecule has 0 aliphatic rings. The second kappa shape index (κ2) is 5.92. The Balaban J connectivity index is 2.08. The van der Waals surface area contributed by atoms with E-state index in [-0.39, 0.29) is 11.6 Å². The standard InChI is InChI=1S/C14H13N3O3/c1-10(11-2-4-13(5-3-11)17(19)20)14(18)16-12-6-8-15-9-7-12/h2-10H,1H3,(H,15,16,18). The van der Waals surface area contributed by atoms with Crippen LogP contribution >= 0.6 is 0 Å². The Bertz CT molecular complexity index is 611. The first kappa shape index (κ1) is 13.7. The van der Waals surface area contributed by atoms with Crippen molar-refractivity contribution in [2.24, 2.45) is 0 Å². The fraction of sp³-hybridized carbons (Fsp3) is 0.143. The van der Waals surface area contributed by atoms with Crippen molar-refractivity contribution in [3.63, 3.8) is 0 Å². The number of nitro groups is 1. The topological polar surface area (TPSA) is 85.1 Å². The Hall–Kier alpha value is -2.76. The molecule has 0 bridgehead atoms. The summed E-state index contributed by atoms with van der Waals surface area (Å²) in [4.78, 5) is 26.0. The van der Waals surface area contributed by atoms with E-state index in [1.807, 2.05) is 0 Å². The van der Waals surface area contributed by atoms with Gasteiger partial charge in [0, 0.05) is 30.2 Å². The van der Waals surface area contributed by atoms with Crippen LogP contribution in [0.3, 0.4) is 0 Å². The van der Waals surface area contributed by atoms with Gasteiger partial charge in [-0.1, -0.05) is 12.1 Å². The number of nitrogens with one attached hydrogen (secondary N) is 1. The summed E-state index contributed by atoms with van der Waals surface area (Å²) in [6, 6.07) is 9.36. The van der Waals surface area contributed by atoms with Crippen LogP contribution in [-0.2, 0) is 4.79 Å². The molecule has 1 atom stereocenters. The van der Waals surface area contributed by atoms with Crippen molar-refractivity contribution in [1.82, 2.24) is 4.98 Å². The minimum Gasteiger partial charge on any atom is -0.325 e. The van der Waals surface area contributed by atoms with Gasteiger partial charge in [0.2, 0.25) is 5.91 Å². The number of nitro benzene ring substituents is 1. The van der Waals surface area contributed by atoms with Gasteiger partial charge in [0.1, 0.15) is 0 Å². The summed E-state index contributed by atoms with van der Waals surface area (Å²) in [5, 5.41) is 13.3. The molecule has 6 heteroatoms. The highest BCUT2D eigenvalue weighted by Crippen LogP contribution is 2.20. The van der Waals surface area contributed by atoms with E-state index in [1.54, 1.807) is 43.6 Å². The normalized spacial score (nSPS) is 11.7. The minimum absolute atomic E-state index is 0.00971. The van der Waals surface area contributed by atoms with E-state index >= 15 is 0 Å². The monoisotopic (exact) mass is 271 g/mol. The quantitative estimate of drug-likeness (QED) is 0.684. The number of carbonyl (C=O) groups excluding carboxylic acids is 1. The van der Waals surface area contributed by atoms with Crippen molar-refractivity contribution < 1.29 is 9.72 Å². The molecule has 102 valence electrons. The van der Waals surface area contributed by atoms with E-state index in [0.29, 0.717) is 5.69 Å². The predicted octanol–water partition coefficient (Wildman–Crippen LogP) is 2.73. The molecule has 20 heavy (non-hydrogen) atoms. The molecule has 0 saturated heterocycles. The number of pyridine rings is 1. The van der Waals surface area contributed by atoms with Crippen LogP contribution in [-0.4, -0.2) is 15.8 Å². The third-order valence-corrected chi connectivity index (χ3v) is 2.95. The van der Waals surface area contributed by atoms with Gasteiger partial charge in [-0.15, -0.1) is 0 Å². The molecule has 1 heterocycles. The van der Waals surface area contributed by atoms with E-state index in [0.717, 1.165) is 5.56 Å². The molecule has 0 fully saturated rings. The zero-order valence-electron chi connectivity index (χ0n) is 10.8. The Kier molecular flexibility index (Phi) is 4.05. The Labute approximate surface area is 115 Å². The van der Waals surface area contributed by atoms with Crippen molar-refractivity contribution in [3.05, 3.63) is 64.5 Å². The average Bonchev–Trinajstić information content (AvgIpc) is 2.47. The van der Waals surface area contributed by atoms with Crippen LogP contribution < -0.4 is 5.32 Å². The lowest BCUT2D eigenvalue weighted by Crippen LogP contribution is -2.18. The number of anilines is 1. The number of benzene rings is 1. The molecule has 1 amide bonds. The van der Waals surface area contributed by atoms with Crippen LogP contribution in [0.1, 0.15) is 18.4 Å². The number of aromatic nitrogens is 1. The first-order valence-corrected chi connectivity index (χ1v) is 6.03. The number of hydrogen-bond donors (Lipinski definition) is 1. The molecule has 1 aromatic heterocycles. The lowest BCUT2D eigenvalue weighted by atomic mass is 10.00. The Morgan fingerprint density at radius 3 is 2.35 bits per heavy atom. The lowest BCUT2D eigenvalue weighted by molar-refractivity contribution is -0.384. The van der Waals surface area contributed by atoms with Crippen molar-refractivity contribution in [3.8, 4) is 0 Å². The minimum atomic E-state index is -0.467. The van der Waals surface area contributed by atoms with Gasteiger partial charge in [-0.25, -0.2) is 0 Å². The van der Waals surface area contributed by atoms with Gasteiger partial charge >= 0.3 is 0 Å². The smallest absolute Gasteiger partial charge is 0.269 e. The van der Waals surface area contributed by atoms with Crippen LogP contribution in [0, 0.1) is 10.1 Å². The first-order valence-electron chi connectivity index (χ1n) is 6.03. The molecular formula is C14H13N3O3. The van der Waals surface area contributed by atoms with Gasteiger partial charge in [-0.3, -0.25) is 19.9 Å². The van der Waals surface area contributed by atoms with Gasteiger partial charge in [0.15, 0.2) is 0 Å². The number of carbonyl (C=O) groups is 1. The fourth-order valence-corrected chi connectivity index (χ4v) is 1.72. The second-order valence-electron chi connectivity index (χ2n) is 4.30. The number of non-ortho nitro benzene ring substituents is 1. The van der Waals surface area contributed by atoms with Crippen LogP contribution in [0.4, 0.5) is 11.4 Å². The molecule has 1 unspecified atom stereocenters. The first-order chi connectivity index (χ1) is 9.58. The maximum atomic E-state index is 12.1. The average molecular weight is 271 g/mol. The van der Waals surface area contributed by atoms with Crippen molar-refractivity contribution in [2.45, 2.75) is 12.8 Å². The third-order valence-electron chi connectivity index (χ3n) is 2.95. The van der Waals surface area contributed by atoms with Crippen molar-refractivity contribution >= 4 is 17.3 Å². The highest BCUT2D eigenvalue weighted by atomic mass is 16.6. The summed E-state index contributed by atoms with van der Waals surface area (Å²) in [7, 11) is 0. The van der Waals surface area contributed by atoms with Gasteiger partial charge < -0.3 is 5.32 Å². The van der Waals surface area contributed by atoms with Crippen LogP contribution in [0.15, 0.2) is 48.8 Å². The van der Waals surface area contributed by atoms with Crippen LogP contribution in [0.2, 0.25) is 0 Å². The molecular weight excluding hydrogens is 258 g/mol. The summed E-state index contributed by atoms with van der Waals surface area (Å²) >= 11 is 0. The Morgan fingerprint density at radius 1 is 1.20 bits per heavy atom. The van der Waals surface area contributed by atoms with Crippen molar-refractivity contribution in [2.75, 3.05) is 5.32 Å².